The van der Waals surface area contributed by atoms with Crippen LogP contribution in [-0.4, -0.2) is 69.2 Å². The number of halogens is 2. The second kappa shape index (κ2) is 12.4. The highest BCUT2D eigenvalue weighted by Crippen LogP contribution is 2.41. The molecule has 2 aromatic carbocycles. The number of benzene rings is 2. The van der Waals surface area contributed by atoms with E-state index in [1.54, 1.807) is 54.2 Å². The molecule has 1 aliphatic rings. The van der Waals surface area contributed by atoms with Crippen molar-refractivity contribution in [2.45, 2.75) is 18.9 Å². The molecule has 1 fully saturated rings. The largest absolute Gasteiger partial charge is 0.494 e. The molecule has 6 rings (SSSR count). The monoisotopic (exact) mass is 662 g/mol. The molecule has 12 nitrogen and oxygen atoms in total. The number of anilines is 3. The van der Waals surface area contributed by atoms with Crippen LogP contribution < -0.4 is 24.8 Å². The van der Waals surface area contributed by atoms with Crippen LogP contribution in [0.25, 0.3) is 16.6 Å². The number of hydrogen-bond acceptors (Lipinski definition) is 10. The first-order valence-corrected chi connectivity index (χ1v) is 14.5. The summed E-state index contributed by atoms with van der Waals surface area (Å²) in [5.41, 5.74) is 2.04. The number of methoxy groups -OCH3 is 2. The number of nitrogens with one attached hydrogen (secondary N) is 2. The Morgan fingerprint density at radius 1 is 1.05 bits per heavy atom. The van der Waals surface area contributed by atoms with E-state index in [0.29, 0.717) is 55.5 Å². The standard InChI is InChI=1S/C30H28BrFN8O4/c1-39-7-4-5-17(39)9-21(32)30(41)38-23-11-19-22(13-26(23)42-2)33-15-35-29(19)37-24-12-20(31)25(14-27(24)43-3)44-18-6-8-40-28(10-18)34-16-36-40/h6,8-17H,4-5,7H2,1-3H3,(H,38,41)(H,33,35,37). The van der Waals surface area contributed by atoms with Crippen molar-refractivity contribution in [3.63, 3.8) is 0 Å². The second-order valence-corrected chi connectivity index (χ2v) is 10.9. The zero-order chi connectivity index (χ0) is 30.8. The minimum atomic E-state index is -0.862. The number of carbonyl (C=O) groups excluding carboxylic acids is 1. The molecule has 1 amide bonds. The molecule has 3 aromatic heterocycles. The van der Waals surface area contributed by atoms with Crippen molar-refractivity contribution in [3.05, 3.63) is 71.6 Å². The summed E-state index contributed by atoms with van der Waals surface area (Å²) in [5, 5.41) is 10.6. The topological polar surface area (TPSA) is 128 Å². The summed E-state index contributed by atoms with van der Waals surface area (Å²) in [4.78, 5) is 27.8. The Kier molecular flexibility index (Phi) is 8.26. The highest BCUT2D eigenvalue weighted by atomic mass is 79.9. The number of likely N-dealkylation sites (tertiary alicyclic amines) is 1. The zero-order valence-electron chi connectivity index (χ0n) is 24.0. The van der Waals surface area contributed by atoms with Crippen LogP contribution in [-0.2, 0) is 4.79 Å². The van der Waals surface area contributed by atoms with Crippen molar-refractivity contribution < 1.29 is 23.4 Å². The fourth-order valence-electron chi connectivity index (χ4n) is 5.02. The van der Waals surface area contributed by atoms with E-state index in [0.717, 1.165) is 19.4 Å². The molecule has 0 bridgehead atoms. The van der Waals surface area contributed by atoms with Crippen LogP contribution in [0.4, 0.5) is 21.6 Å². The number of carbonyl (C=O) groups is 1. The SMILES string of the molecule is COc1cc2ncnc(Nc3cc(Br)c(Oc4ccn5ncnc5c4)cc3OC)c2cc1NC(=O)C(F)=CC1CCCN1C. The van der Waals surface area contributed by atoms with Gasteiger partial charge in [0.2, 0.25) is 0 Å². The molecule has 2 N–H and O–H groups in total. The molecule has 1 saturated heterocycles. The van der Waals surface area contributed by atoms with Gasteiger partial charge in [0.15, 0.2) is 11.5 Å². The molecule has 4 heterocycles. The van der Waals surface area contributed by atoms with E-state index >= 15 is 0 Å². The molecule has 0 saturated carbocycles. The maximum atomic E-state index is 14.9. The van der Waals surface area contributed by atoms with E-state index in [-0.39, 0.29) is 11.7 Å². The van der Waals surface area contributed by atoms with Gasteiger partial charge < -0.3 is 24.8 Å². The lowest BCUT2D eigenvalue weighted by Crippen LogP contribution is -2.24. The molecular formula is C30H28BrFN8O4. The Balaban J connectivity index is 1.28. The van der Waals surface area contributed by atoms with E-state index in [4.69, 9.17) is 14.2 Å². The first kappa shape index (κ1) is 29.3. The first-order chi connectivity index (χ1) is 21.3. The number of ether oxygens (including phenoxy) is 3. The maximum Gasteiger partial charge on any atom is 0.284 e. The van der Waals surface area contributed by atoms with Gasteiger partial charge in [0, 0.05) is 35.8 Å². The number of hydrogen-bond donors (Lipinski definition) is 2. The number of nitrogens with zero attached hydrogens (tertiary/aromatic N) is 6. The lowest BCUT2D eigenvalue weighted by Gasteiger charge is -2.17. The summed E-state index contributed by atoms with van der Waals surface area (Å²) >= 11 is 3.58. The van der Waals surface area contributed by atoms with E-state index < -0.39 is 11.7 Å². The Hall–Kier alpha value is -4.82. The fourth-order valence-corrected chi connectivity index (χ4v) is 5.44. The van der Waals surface area contributed by atoms with Gasteiger partial charge in [-0.2, -0.15) is 5.10 Å². The predicted molar refractivity (Wildman–Crippen MR) is 167 cm³/mol. The van der Waals surface area contributed by atoms with E-state index in [1.165, 1.54) is 25.8 Å². The van der Waals surface area contributed by atoms with Crippen molar-refractivity contribution in [1.29, 1.82) is 0 Å². The predicted octanol–water partition coefficient (Wildman–Crippen LogP) is 5.87. The highest BCUT2D eigenvalue weighted by Gasteiger charge is 2.22. The van der Waals surface area contributed by atoms with E-state index in [1.807, 2.05) is 11.9 Å². The number of fused-ring (bicyclic) bond motifs is 2. The number of amides is 1. The Labute approximate surface area is 260 Å². The van der Waals surface area contributed by atoms with E-state index in [2.05, 4.69) is 46.6 Å². The second-order valence-electron chi connectivity index (χ2n) is 10.1. The lowest BCUT2D eigenvalue weighted by atomic mass is 10.1. The Bertz CT molecular complexity index is 1900. The average Bonchev–Trinajstić information content (AvgIpc) is 3.66. The van der Waals surface area contributed by atoms with Crippen LogP contribution in [0, 0.1) is 0 Å². The van der Waals surface area contributed by atoms with Crippen LogP contribution in [0.3, 0.4) is 0 Å². The third-order valence-corrected chi connectivity index (χ3v) is 7.94. The summed E-state index contributed by atoms with van der Waals surface area (Å²) in [6.45, 7) is 0.863. The maximum absolute atomic E-state index is 14.9. The van der Waals surface area contributed by atoms with Crippen LogP contribution in [0.15, 0.2) is 71.6 Å². The zero-order valence-corrected chi connectivity index (χ0v) is 25.6. The molecule has 0 radical (unpaired) electrons. The van der Waals surface area contributed by atoms with Gasteiger partial charge in [0.25, 0.3) is 5.91 Å². The Morgan fingerprint density at radius 2 is 1.86 bits per heavy atom. The molecule has 226 valence electrons. The first-order valence-electron chi connectivity index (χ1n) is 13.7. The quantitative estimate of drug-likeness (QED) is 0.185. The van der Waals surface area contributed by atoms with Gasteiger partial charge in [-0.15, -0.1) is 0 Å². The Morgan fingerprint density at radius 3 is 2.64 bits per heavy atom. The van der Waals surface area contributed by atoms with Crippen molar-refractivity contribution in [2.75, 3.05) is 38.4 Å². The summed E-state index contributed by atoms with van der Waals surface area (Å²) in [7, 11) is 4.92. The van der Waals surface area contributed by atoms with Gasteiger partial charge in [-0.1, -0.05) is 0 Å². The van der Waals surface area contributed by atoms with Crippen LogP contribution in [0.1, 0.15) is 12.8 Å². The highest BCUT2D eigenvalue weighted by molar-refractivity contribution is 9.10. The average molecular weight is 664 g/mol. The van der Waals surface area contributed by atoms with Crippen LogP contribution >= 0.6 is 15.9 Å². The van der Waals surface area contributed by atoms with Gasteiger partial charge in [0.05, 0.1) is 35.6 Å². The third kappa shape index (κ3) is 5.98. The number of aromatic nitrogens is 5. The lowest BCUT2D eigenvalue weighted by molar-refractivity contribution is -0.114. The third-order valence-electron chi connectivity index (χ3n) is 7.32. The molecule has 1 unspecified atom stereocenters. The molecule has 5 aromatic rings. The molecule has 14 heteroatoms. The van der Waals surface area contributed by atoms with Crippen LogP contribution in [0.2, 0.25) is 0 Å². The molecular weight excluding hydrogens is 635 g/mol. The minimum Gasteiger partial charge on any atom is -0.494 e. The number of likely N-dealkylation sites (N-methyl/N-ethyl adjacent to an activating group) is 1. The van der Waals surface area contributed by atoms with Crippen LogP contribution in [0.5, 0.6) is 23.0 Å². The van der Waals surface area contributed by atoms with Gasteiger partial charge in [0.1, 0.15) is 41.5 Å². The van der Waals surface area contributed by atoms with Gasteiger partial charge in [-0.05, 0) is 66.6 Å². The summed E-state index contributed by atoms with van der Waals surface area (Å²) < 4.78 is 34.4. The molecule has 0 aliphatic carbocycles. The number of rotatable bonds is 9. The summed E-state index contributed by atoms with van der Waals surface area (Å²) in [6, 6.07) is 10.2. The smallest absolute Gasteiger partial charge is 0.284 e. The van der Waals surface area contributed by atoms with Crippen molar-refractivity contribution in [2.24, 2.45) is 0 Å². The molecule has 1 aliphatic heterocycles. The molecule has 44 heavy (non-hydrogen) atoms. The minimum absolute atomic E-state index is 0.118. The van der Waals surface area contributed by atoms with Crippen molar-refractivity contribution in [1.82, 2.24) is 29.5 Å². The normalized spacial score (nSPS) is 15.5. The molecule has 0 spiro atoms. The van der Waals surface area contributed by atoms with Gasteiger partial charge >= 0.3 is 0 Å². The van der Waals surface area contributed by atoms with Crippen molar-refractivity contribution >= 4 is 55.6 Å². The summed E-state index contributed by atoms with van der Waals surface area (Å²) in [6.07, 6.45) is 7.74. The fraction of sp³-hybridized carbons (Fsp3) is 0.233. The summed E-state index contributed by atoms with van der Waals surface area (Å²) in [5.74, 6) is 0.591. The van der Waals surface area contributed by atoms with E-state index in [9.17, 15) is 9.18 Å². The van der Waals surface area contributed by atoms with Gasteiger partial charge in [-0.25, -0.2) is 23.9 Å². The van der Waals surface area contributed by atoms with Gasteiger partial charge in [-0.3, -0.25) is 9.69 Å². The number of pyridine rings is 1. The van der Waals surface area contributed by atoms with Crippen molar-refractivity contribution in [3.8, 4) is 23.0 Å². The molecule has 1 atom stereocenters.